The van der Waals surface area contributed by atoms with Gasteiger partial charge in [0.1, 0.15) is 11.8 Å². The van der Waals surface area contributed by atoms with Crippen molar-refractivity contribution >= 4 is 0 Å². The van der Waals surface area contributed by atoms with Crippen LogP contribution in [0, 0.1) is 17.2 Å². The Morgan fingerprint density at radius 2 is 1.91 bits per heavy atom. The second kappa shape index (κ2) is 8.83. The lowest BCUT2D eigenvalue weighted by Crippen LogP contribution is -2.15. The van der Waals surface area contributed by atoms with Crippen LogP contribution >= 0.6 is 0 Å². The van der Waals surface area contributed by atoms with Gasteiger partial charge < -0.3 is 4.74 Å². The minimum atomic E-state index is 0.568. The van der Waals surface area contributed by atoms with E-state index in [1.54, 1.807) is 0 Å². The van der Waals surface area contributed by atoms with Gasteiger partial charge in [-0.05, 0) is 55.6 Å². The average molecular weight is 299 g/mol. The Kier molecular flexibility index (Phi) is 6.77. The number of unbranched alkanes of at least 4 members (excludes halogenated alkanes) is 1. The van der Waals surface area contributed by atoms with Crippen molar-refractivity contribution in [3.63, 3.8) is 0 Å². The molecule has 1 aliphatic carbocycles. The number of nitrogens with zero attached hydrogens (tertiary/aromatic N) is 1. The summed E-state index contributed by atoms with van der Waals surface area (Å²) < 4.78 is 5.93. The minimum Gasteiger partial charge on any atom is -0.492 e. The fraction of sp³-hybridized carbons (Fsp3) is 0.650. The summed E-state index contributed by atoms with van der Waals surface area (Å²) in [6.07, 6.45) is 10.2. The van der Waals surface area contributed by atoms with Crippen LogP contribution in [0.2, 0.25) is 0 Å². The van der Waals surface area contributed by atoms with Gasteiger partial charge in [-0.2, -0.15) is 5.26 Å². The smallest absolute Gasteiger partial charge is 0.140 e. The van der Waals surface area contributed by atoms with E-state index >= 15 is 0 Å². The summed E-state index contributed by atoms with van der Waals surface area (Å²) in [6, 6.07) is 8.35. The molecule has 0 aliphatic heterocycles. The Morgan fingerprint density at radius 3 is 2.55 bits per heavy atom. The van der Waals surface area contributed by atoms with Crippen LogP contribution < -0.4 is 4.74 Å². The highest BCUT2D eigenvalue weighted by Gasteiger charge is 2.25. The van der Waals surface area contributed by atoms with Crippen molar-refractivity contribution in [2.45, 2.75) is 71.1 Å². The molecule has 120 valence electrons. The molecule has 1 aliphatic rings. The lowest BCUT2D eigenvalue weighted by molar-refractivity contribution is 0.285. The van der Waals surface area contributed by atoms with Crippen LogP contribution in [0.3, 0.4) is 0 Å². The highest BCUT2D eigenvalue weighted by molar-refractivity contribution is 5.50. The maximum absolute atomic E-state index is 9.35. The monoisotopic (exact) mass is 299 g/mol. The minimum absolute atomic E-state index is 0.568. The van der Waals surface area contributed by atoms with Gasteiger partial charge in [-0.15, -0.1) is 0 Å². The van der Waals surface area contributed by atoms with E-state index in [0.29, 0.717) is 18.1 Å². The fourth-order valence-electron chi connectivity index (χ4n) is 3.58. The Morgan fingerprint density at radius 1 is 1.14 bits per heavy atom. The number of ether oxygens (including phenoxy) is 1. The largest absolute Gasteiger partial charge is 0.492 e. The number of rotatable bonds is 7. The third-order valence-electron chi connectivity index (χ3n) is 4.87. The molecule has 0 heterocycles. The molecular formula is C20H29NO. The second-order valence-corrected chi connectivity index (χ2v) is 6.54. The van der Waals surface area contributed by atoms with Crippen molar-refractivity contribution in [1.82, 2.24) is 0 Å². The zero-order valence-corrected chi connectivity index (χ0v) is 14.1. The van der Waals surface area contributed by atoms with Crippen molar-refractivity contribution in [3.8, 4) is 11.8 Å². The molecule has 0 unspecified atom stereocenters. The molecule has 1 fully saturated rings. The predicted octanol–water partition coefficient (Wildman–Crippen LogP) is 5.81. The van der Waals surface area contributed by atoms with Gasteiger partial charge in [0, 0.05) is 0 Å². The second-order valence-electron chi connectivity index (χ2n) is 6.54. The molecule has 0 aromatic heterocycles. The third kappa shape index (κ3) is 4.26. The van der Waals surface area contributed by atoms with Crippen molar-refractivity contribution in [3.05, 3.63) is 29.3 Å². The number of hydrogen-bond donors (Lipinski definition) is 0. The van der Waals surface area contributed by atoms with E-state index in [4.69, 9.17) is 4.74 Å². The first kappa shape index (κ1) is 16.9. The van der Waals surface area contributed by atoms with Gasteiger partial charge in [0.05, 0.1) is 12.2 Å². The van der Waals surface area contributed by atoms with Crippen LogP contribution in [0.15, 0.2) is 18.2 Å². The van der Waals surface area contributed by atoms with Crippen LogP contribution in [0.4, 0.5) is 0 Å². The van der Waals surface area contributed by atoms with Crippen LogP contribution in [0.25, 0.3) is 0 Å². The van der Waals surface area contributed by atoms with E-state index < -0.39 is 0 Å². The lowest BCUT2D eigenvalue weighted by Gasteiger charge is -2.30. The fourth-order valence-corrected chi connectivity index (χ4v) is 3.58. The van der Waals surface area contributed by atoms with Gasteiger partial charge in [-0.1, -0.05) is 45.2 Å². The topological polar surface area (TPSA) is 33.0 Å². The van der Waals surface area contributed by atoms with E-state index in [-0.39, 0.29) is 0 Å². The number of hydrogen-bond acceptors (Lipinski definition) is 2. The average Bonchev–Trinajstić information content (AvgIpc) is 2.58. The summed E-state index contributed by atoms with van der Waals surface area (Å²) in [4.78, 5) is 0. The molecule has 1 aromatic rings. The molecule has 22 heavy (non-hydrogen) atoms. The Labute approximate surface area is 135 Å². The first-order chi connectivity index (χ1) is 10.8. The molecule has 1 aromatic carbocycles. The molecule has 2 heteroatoms. The first-order valence-corrected chi connectivity index (χ1v) is 8.95. The van der Waals surface area contributed by atoms with Crippen molar-refractivity contribution in [2.75, 3.05) is 6.61 Å². The molecule has 0 spiro atoms. The van der Waals surface area contributed by atoms with Gasteiger partial charge in [0.2, 0.25) is 0 Å². The molecule has 2 rings (SSSR count). The molecule has 0 saturated heterocycles. The Hall–Kier alpha value is -1.49. The molecule has 1 saturated carbocycles. The zero-order chi connectivity index (χ0) is 15.8. The van der Waals surface area contributed by atoms with Crippen molar-refractivity contribution in [2.24, 2.45) is 5.92 Å². The maximum atomic E-state index is 9.35. The number of benzene rings is 1. The zero-order valence-electron chi connectivity index (χ0n) is 14.1. The summed E-state index contributed by atoms with van der Waals surface area (Å²) in [6.45, 7) is 5.07. The highest BCUT2D eigenvalue weighted by atomic mass is 16.5. The molecule has 2 nitrogen and oxygen atoms in total. The quantitative estimate of drug-likeness (QED) is 0.636. The van der Waals surface area contributed by atoms with Crippen LogP contribution in [0.5, 0.6) is 5.75 Å². The standard InChI is InChI=1S/C20H29NO/c1-3-5-7-16-10-12-17(13-11-16)19-9-6-8-18(15-21)20(19)22-14-4-2/h6,8-9,16-17H,3-5,7,10-14H2,1-2H3. The number of nitriles is 1. The van der Waals surface area contributed by atoms with Gasteiger partial charge >= 0.3 is 0 Å². The molecule has 0 radical (unpaired) electrons. The summed E-state index contributed by atoms with van der Waals surface area (Å²) >= 11 is 0. The van der Waals surface area contributed by atoms with Gasteiger partial charge in [-0.25, -0.2) is 0 Å². The van der Waals surface area contributed by atoms with E-state index in [2.05, 4.69) is 26.0 Å². The summed E-state index contributed by atoms with van der Waals surface area (Å²) in [5.41, 5.74) is 1.96. The summed E-state index contributed by atoms with van der Waals surface area (Å²) in [5.74, 6) is 2.33. The molecular weight excluding hydrogens is 270 g/mol. The van der Waals surface area contributed by atoms with Gasteiger partial charge in [-0.3, -0.25) is 0 Å². The van der Waals surface area contributed by atoms with E-state index in [9.17, 15) is 5.26 Å². The van der Waals surface area contributed by atoms with Crippen LogP contribution in [-0.4, -0.2) is 6.61 Å². The Bertz CT molecular complexity index is 495. The molecule has 0 bridgehead atoms. The molecule has 0 atom stereocenters. The molecule has 0 N–H and O–H groups in total. The summed E-state index contributed by atoms with van der Waals surface area (Å²) in [7, 11) is 0. The summed E-state index contributed by atoms with van der Waals surface area (Å²) in [5, 5.41) is 9.35. The Balaban J connectivity index is 2.07. The van der Waals surface area contributed by atoms with Crippen LogP contribution in [0.1, 0.15) is 82.3 Å². The first-order valence-electron chi connectivity index (χ1n) is 8.95. The van der Waals surface area contributed by atoms with E-state index in [1.165, 1.54) is 50.5 Å². The van der Waals surface area contributed by atoms with Crippen LogP contribution in [-0.2, 0) is 0 Å². The highest BCUT2D eigenvalue weighted by Crippen LogP contribution is 2.41. The van der Waals surface area contributed by atoms with Crippen molar-refractivity contribution in [1.29, 1.82) is 5.26 Å². The lowest BCUT2D eigenvalue weighted by atomic mass is 9.76. The normalized spacial score (nSPS) is 21.3. The predicted molar refractivity (Wildman–Crippen MR) is 91.2 cm³/mol. The maximum Gasteiger partial charge on any atom is 0.140 e. The molecule has 0 amide bonds. The third-order valence-corrected chi connectivity index (χ3v) is 4.87. The van der Waals surface area contributed by atoms with Crippen molar-refractivity contribution < 1.29 is 4.74 Å². The van der Waals surface area contributed by atoms with Gasteiger partial charge in [0.15, 0.2) is 0 Å². The number of para-hydroxylation sites is 1. The van der Waals surface area contributed by atoms with Gasteiger partial charge in [0.25, 0.3) is 0 Å². The van der Waals surface area contributed by atoms with E-state index in [0.717, 1.165) is 18.1 Å². The van der Waals surface area contributed by atoms with E-state index in [1.807, 2.05) is 12.1 Å². The SMILES string of the molecule is CCCCC1CCC(c2cccc(C#N)c2OCCC)CC1.